The summed E-state index contributed by atoms with van der Waals surface area (Å²) in [5.41, 5.74) is 1.47. The van der Waals surface area contributed by atoms with Gasteiger partial charge in [0, 0.05) is 12.1 Å². The highest BCUT2D eigenvalue weighted by Crippen LogP contribution is 2.14. The van der Waals surface area contributed by atoms with Crippen LogP contribution in [-0.2, 0) is 6.54 Å². The number of amides is 1. The summed E-state index contributed by atoms with van der Waals surface area (Å²) < 4.78 is 16.4. The van der Waals surface area contributed by atoms with E-state index in [0.717, 1.165) is 17.1 Å². The number of carbonyl (C=O) groups excluding carboxylic acids is 1. The minimum Gasteiger partial charge on any atom is -0.497 e. The second kappa shape index (κ2) is 11.6. The van der Waals surface area contributed by atoms with Gasteiger partial charge in [-0.3, -0.25) is 10.1 Å². The minimum absolute atomic E-state index is 0.253. The summed E-state index contributed by atoms with van der Waals surface area (Å²) in [5, 5.41) is 5.95. The van der Waals surface area contributed by atoms with E-state index >= 15 is 0 Å². The van der Waals surface area contributed by atoms with Crippen LogP contribution in [0, 0.1) is 0 Å². The van der Waals surface area contributed by atoms with Gasteiger partial charge in [-0.15, -0.1) is 0 Å². The Morgan fingerprint density at radius 1 is 0.839 bits per heavy atom. The molecular weight excluding hydrogens is 412 g/mol. The Kier molecular flexibility index (Phi) is 8.25. The largest absolute Gasteiger partial charge is 0.497 e. The lowest BCUT2D eigenvalue weighted by molar-refractivity contribution is 0.0976. The molecule has 1 amide bonds. The normalized spacial score (nSPS) is 10.1. The number of carbonyl (C=O) groups is 1. The van der Waals surface area contributed by atoms with Crippen LogP contribution in [0.2, 0.25) is 0 Å². The summed E-state index contributed by atoms with van der Waals surface area (Å²) in [6.45, 7) is 1.26. The first-order valence-electron chi connectivity index (χ1n) is 9.77. The van der Waals surface area contributed by atoms with E-state index in [2.05, 4.69) is 10.6 Å². The average Bonchev–Trinajstić information content (AvgIpc) is 2.81. The van der Waals surface area contributed by atoms with E-state index in [9.17, 15) is 4.79 Å². The van der Waals surface area contributed by atoms with Crippen molar-refractivity contribution in [2.24, 2.45) is 0 Å². The maximum absolute atomic E-state index is 12.5. The fraction of sp³-hybridized carbons (Fsp3) is 0.167. The van der Waals surface area contributed by atoms with Crippen LogP contribution in [0.1, 0.15) is 15.9 Å². The topological polar surface area (TPSA) is 68.8 Å². The number of rotatable bonds is 9. The third-order valence-corrected chi connectivity index (χ3v) is 4.55. The lowest BCUT2D eigenvalue weighted by Crippen LogP contribution is -2.38. The van der Waals surface area contributed by atoms with Gasteiger partial charge in [0.15, 0.2) is 5.11 Å². The fourth-order valence-electron chi connectivity index (χ4n) is 2.71. The maximum Gasteiger partial charge on any atom is 0.257 e. The van der Waals surface area contributed by atoms with Gasteiger partial charge in [0.25, 0.3) is 5.91 Å². The van der Waals surface area contributed by atoms with Gasteiger partial charge >= 0.3 is 0 Å². The summed E-state index contributed by atoms with van der Waals surface area (Å²) in [6, 6.07) is 24.0. The van der Waals surface area contributed by atoms with Crippen molar-refractivity contribution in [1.29, 1.82) is 0 Å². The standard InChI is InChI=1S/C24H24N2O4S/c1-28-20-12-10-18(11-13-20)17-25-24(31)26-23(27)19-6-5-9-22(16-19)30-15-14-29-21-7-3-2-4-8-21/h2-13,16H,14-15,17H2,1H3,(H2,25,26,27,31). The molecule has 0 saturated carbocycles. The van der Waals surface area contributed by atoms with E-state index in [-0.39, 0.29) is 11.0 Å². The second-order valence-electron chi connectivity index (χ2n) is 6.52. The number of nitrogens with one attached hydrogen (secondary N) is 2. The van der Waals surface area contributed by atoms with Gasteiger partial charge in [0.05, 0.1) is 7.11 Å². The van der Waals surface area contributed by atoms with E-state index in [1.165, 1.54) is 0 Å². The van der Waals surface area contributed by atoms with Crippen LogP contribution in [-0.4, -0.2) is 31.3 Å². The Labute approximate surface area is 187 Å². The van der Waals surface area contributed by atoms with Crippen molar-refractivity contribution in [1.82, 2.24) is 10.6 Å². The molecule has 0 aliphatic carbocycles. The molecule has 0 atom stereocenters. The molecule has 3 aromatic rings. The molecule has 0 aliphatic rings. The Hall–Kier alpha value is -3.58. The molecule has 160 valence electrons. The van der Waals surface area contributed by atoms with Gasteiger partial charge in [-0.1, -0.05) is 36.4 Å². The number of thiocarbonyl (C=S) groups is 1. The molecule has 0 aliphatic heterocycles. The van der Waals surface area contributed by atoms with Crippen molar-refractivity contribution in [3.63, 3.8) is 0 Å². The average molecular weight is 437 g/mol. The van der Waals surface area contributed by atoms with Crippen molar-refractivity contribution >= 4 is 23.2 Å². The predicted octanol–water partition coefficient (Wildman–Crippen LogP) is 3.96. The van der Waals surface area contributed by atoms with Crippen molar-refractivity contribution in [3.8, 4) is 17.2 Å². The Balaban J connectivity index is 1.43. The van der Waals surface area contributed by atoms with E-state index in [1.807, 2.05) is 54.6 Å². The third-order valence-electron chi connectivity index (χ3n) is 4.30. The number of benzene rings is 3. The molecular formula is C24H24N2O4S. The zero-order chi connectivity index (χ0) is 21.9. The molecule has 0 spiro atoms. The van der Waals surface area contributed by atoms with Gasteiger partial charge in [-0.25, -0.2) is 0 Å². The van der Waals surface area contributed by atoms with Gasteiger partial charge in [-0.2, -0.15) is 0 Å². The van der Waals surface area contributed by atoms with Crippen LogP contribution in [0.4, 0.5) is 0 Å². The molecule has 0 bridgehead atoms. The van der Waals surface area contributed by atoms with Crippen molar-refractivity contribution in [2.45, 2.75) is 6.54 Å². The maximum atomic E-state index is 12.5. The van der Waals surface area contributed by atoms with E-state index in [1.54, 1.807) is 31.4 Å². The quantitative estimate of drug-likeness (QED) is 0.391. The van der Waals surface area contributed by atoms with Crippen LogP contribution >= 0.6 is 12.2 Å². The van der Waals surface area contributed by atoms with E-state index < -0.39 is 0 Å². The van der Waals surface area contributed by atoms with Crippen molar-refractivity contribution < 1.29 is 19.0 Å². The highest BCUT2D eigenvalue weighted by atomic mass is 32.1. The molecule has 0 radical (unpaired) electrons. The molecule has 0 saturated heterocycles. The Bertz CT molecular complexity index is 994. The van der Waals surface area contributed by atoms with E-state index in [4.69, 9.17) is 26.4 Å². The molecule has 3 aromatic carbocycles. The number of hydrogen-bond donors (Lipinski definition) is 2. The summed E-state index contributed by atoms with van der Waals surface area (Å²) in [7, 11) is 1.62. The van der Waals surface area contributed by atoms with Crippen LogP contribution in [0.5, 0.6) is 17.2 Å². The first kappa shape index (κ1) is 22.1. The summed E-state index contributed by atoms with van der Waals surface area (Å²) in [5.74, 6) is 1.85. The van der Waals surface area contributed by atoms with Crippen LogP contribution in [0.15, 0.2) is 78.9 Å². The highest BCUT2D eigenvalue weighted by Gasteiger charge is 2.09. The van der Waals surface area contributed by atoms with Crippen LogP contribution < -0.4 is 24.8 Å². The van der Waals surface area contributed by atoms with Crippen molar-refractivity contribution in [3.05, 3.63) is 90.0 Å². The lowest BCUT2D eigenvalue weighted by atomic mass is 10.2. The molecule has 3 rings (SSSR count). The second-order valence-corrected chi connectivity index (χ2v) is 6.93. The van der Waals surface area contributed by atoms with E-state index in [0.29, 0.717) is 31.1 Å². The zero-order valence-electron chi connectivity index (χ0n) is 17.2. The fourth-order valence-corrected chi connectivity index (χ4v) is 2.87. The SMILES string of the molecule is COc1ccc(CNC(=S)NC(=O)c2cccc(OCCOc3ccccc3)c2)cc1. The van der Waals surface area contributed by atoms with Crippen LogP contribution in [0.3, 0.4) is 0 Å². The molecule has 0 unspecified atom stereocenters. The Morgan fingerprint density at radius 2 is 1.52 bits per heavy atom. The number of hydrogen-bond acceptors (Lipinski definition) is 5. The third kappa shape index (κ3) is 7.31. The van der Waals surface area contributed by atoms with Gasteiger partial charge in [0.2, 0.25) is 0 Å². The van der Waals surface area contributed by atoms with Gasteiger partial charge < -0.3 is 19.5 Å². The number of para-hydroxylation sites is 1. The molecule has 31 heavy (non-hydrogen) atoms. The summed E-state index contributed by atoms with van der Waals surface area (Å²) >= 11 is 5.23. The minimum atomic E-state index is -0.307. The summed E-state index contributed by atoms with van der Waals surface area (Å²) in [4.78, 5) is 12.5. The first-order chi connectivity index (χ1) is 15.1. The smallest absolute Gasteiger partial charge is 0.257 e. The molecule has 0 fully saturated rings. The highest BCUT2D eigenvalue weighted by molar-refractivity contribution is 7.80. The summed E-state index contributed by atoms with van der Waals surface area (Å²) in [6.07, 6.45) is 0. The Morgan fingerprint density at radius 3 is 2.23 bits per heavy atom. The van der Waals surface area contributed by atoms with Gasteiger partial charge in [-0.05, 0) is 60.2 Å². The lowest BCUT2D eigenvalue weighted by Gasteiger charge is -2.11. The number of ether oxygens (including phenoxy) is 3. The molecule has 7 heteroatoms. The molecule has 0 aromatic heterocycles. The predicted molar refractivity (Wildman–Crippen MR) is 124 cm³/mol. The molecule has 0 heterocycles. The van der Waals surface area contributed by atoms with Crippen LogP contribution in [0.25, 0.3) is 0 Å². The first-order valence-corrected chi connectivity index (χ1v) is 10.2. The monoisotopic (exact) mass is 436 g/mol. The number of methoxy groups -OCH3 is 1. The van der Waals surface area contributed by atoms with Gasteiger partial charge in [0.1, 0.15) is 30.5 Å². The van der Waals surface area contributed by atoms with Crippen molar-refractivity contribution in [2.75, 3.05) is 20.3 Å². The molecule has 6 nitrogen and oxygen atoms in total. The zero-order valence-corrected chi connectivity index (χ0v) is 18.0. The molecule has 2 N–H and O–H groups in total.